The summed E-state index contributed by atoms with van der Waals surface area (Å²) in [7, 11) is 1.97. The van der Waals surface area contributed by atoms with Crippen molar-refractivity contribution in [3.8, 4) is 0 Å². The lowest BCUT2D eigenvalue weighted by Gasteiger charge is -1.97. The molecule has 0 fully saturated rings. The summed E-state index contributed by atoms with van der Waals surface area (Å²) in [6.45, 7) is 0.991. The van der Waals surface area contributed by atoms with Crippen LogP contribution in [0.5, 0.6) is 0 Å². The molecule has 2 aromatic rings. The van der Waals surface area contributed by atoms with Crippen LogP contribution in [0.2, 0.25) is 0 Å². The Hall–Kier alpha value is -0.800. The van der Waals surface area contributed by atoms with Gasteiger partial charge in [0.25, 0.3) is 0 Å². The Labute approximate surface area is 91.8 Å². The summed E-state index contributed by atoms with van der Waals surface area (Å²) >= 11 is 3.62. The van der Waals surface area contributed by atoms with Gasteiger partial charge >= 0.3 is 0 Å². The molecule has 1 heterocycles. The Bertz CT molecular complexity index is 434. The first-order valence-electron chi connectivity index (χ1n) is 4.72. The molecule has 2 rings (SSSR count). The molecule has 74 valence electrons. The summed E-state index contributed by atoms with van der Waals surface area (Å²) < 4.78 is 1.20. The summed E-state index contributed by atoms with van der Waals surface area (Å²) in [5.74, 6) is 0. The minimum absolute atomic E-state index is 0.991. The number of aromatic nitrogens is 1. The normalized spacial score (nSPS) is 11.0. The Kier molecular flexibility index (Phi) is 2.89. The maximum Gasteiger partial charge on any atom is 0.0467 e. The SMILES string of the molecule is CNCCc1[nH]c2ccccc2c1Br. The second kappa shape index (κ2) is 4.15. The molecule has 3 heteroatoms. The maximum absolute atomic E-state index is 3.62. The van der Waals surface area contributed by atoms with Crippen molar-refractivity contribution in [1.82, 2.24) is 10.3 Å². The van der Waals surface area contributed by atoms with E-state index in [9.17, 15) is 0 Å². The van der Waals surface area contributed by atoms with Crippen LogP contribution < -0.4 is 5.32 Å². The van der Waals surface area contributed by atoms with Crippen molar-refractivity contribution >= 4 is 26.8 Å². The summed E-state index contributed by atoms with van der Waals surface area (Å²) in [6.07, 6.45) is 1.02. The molecule has 0 aliphatic rings. The third kappa shape index (κ3) is 1.70. The fraction of sp³-hybridized carbons (Fsp3) is 0.273. The first kappa shape index (κ1) is 9.74. The van der Waals surface area contributed by atoms with E-state index in [0.717, 1.165) is 13.0 Å². The van der Waals surface area contributed by atoms with Crippen LogP contribution in [-0.4, -0.2) is 18.6 Å². The van der Waals surface area contributed by atoms with E-state index in [-0.39, 0.29) is 0 Å². The van der Waals surface area contributed by atoms with E-state index < -0.39 is 0 Å². The van der Waals surface area contributed by atoms with Crippen LogP contribution in [0.1, 0.15) is 5.69 Å². The molecule has 0 aliphatic heterocycles. The monoisotopic (exact) mass is 252 g/mol. The van der Waals surface area contributed by atoms with Gasteiger partial charge in [0, 0.05) is 34.0 Å². The smallest absolute Gasteiger partial charge is 0.0467 e. The number of rotatable bonds is 3. The minimum atomic E-state index is 0.991. The molecule has 2 nitrogen and oxygen atoms in total. The van der Waals surface area contributed by atoms with Crippen molar-refractivity contribution in [3.05, 3.63) is 34.4 Å². The molecule has 0 unspecified atom stereocenters. The van der Waals surface area contributed by atoms with E-state index in [1.807, 2.05) is 13.1 Å². The van der Waals surface area contributed by atoms with Gasteiger partial charge in [0.15, 0.2) is 0 Å². The number of fused-ring (bicyclic) bond motifs is 1. The average molecular weight is 253 g/mol. The summed E-state index contributed by atoms with van der Waals surface area (Å²) in [5, 5.41) is 4.41. The Morgan fingerprint density at radius 2 is 2.14 bits per heavy atom. The largest absolute Gasteiger partial charge is 0.357 e. The van der Waals surface area contributed by atoms with Crippen LogP contribution in [-0.2, 0) is 6.42 Å². The average Bonchev–Trinajstić information content (AvgIpc) is 2.54. The zero-order valence-corrected chi connectivity index (χ0v) is 9.69. The standard InChI is InChI=1S/C11H13BrN2/c1-13-7-6-10-11(12)8-4-2-3-5-9(8)14-10/h2-5,13-14H,6-7H2,1H3. The molecule has 1 aromatic heterocycles. The lowest BCUT2D eigenvalue weighted by atomic mass is 10.2. The topological polar surface area (TPSA) is 27.8 Å². The third-order valence-corrected chi connectivity index (χ3v) is 3.24. The lowest BCUT2D eigenvalue weighted by molar-refractivity contribution is 0.779. The van der Waals surface area contributed by atoms with Gasteiger partial charge in [-0.1, -0.05) is 18.2 Å². The van der Waals surface area contributed by atoms with Crippen LogP contribution >= 0.6 is 15.9 Å². The van der Waals surface area contributed by atoms with Crippen molar-refractivity contribution < 1.29 is 0 Å². The highest BCUT2D eigenvalue weighted by Gasteiger charge is 2.06. The first-order valence-corrected chi connectivity index (χ1v) is 5.52. The number of hydrogen-bond acceptors (Lipinski definition) is 1. The van der Waals surface area contributed by atoms with Crippen molar-refractivity contribution in [1.29, 1.82) is 0 Å². The van der Waals surface area contributed by atoms with Crippen LogP contribution in [0.25, 0.3) is 10.9 Å². The molecule has 1 aromatic carbocycles. The lowest BCUT2D eigenvalue weighted by Crippen LogP contribution is -2.10. The molecule has 0 spiro atoms. The Morgan fingerprint density at radius 3 is 2.86 bits per heavy atom. The van der Waals surface area contributed by atoms with Crippen LogP contribution in [0.4, 0.5) is 0 Å². The van der Waals surface area contributed by atoms with Crippen LogP contribution in [0.15, 0.2) is 28.7 Å². The molecule has 0 amide bonds. The van der Waals surface area contributed by atoms with Gasteiger partial charge in [-0.3, -0.25) is 0 Å². The number of nitrogens with one attached hydrogen (secondary N) is 2. The summed E-state index contributed by atoms with van der Waals surface area (Å²) in [5.41, 5.74) is 2.46. The fourth-order valence-corrected chi connectivity index (χ4v) is 2.23. The van der Waals surface area contributed by atoms with Crippen molar-refractivity contribution in [2.75, 3.05) is 13.6 Å². The van der Waals surface area contributed by atoms with E-state index in [1.54, 1.807) is 0 Å². The quantitative estimate of drug-likeness (QED) is 0.864. The highest BCUT2D eigenvalue weighted by atomic mass is 79.9. The predicted octanol–water partition coefficient (Wildman–Crippen LogP) is 2.69. The predicted molar refractivity (Wildman–Crippen MR) is 63.6 cm³/mol. The van der Waals surface area contributed by atoms with Gasteiger partial charge in [-0.25, -0.2) is 0 Å². The molecular formula is C11H13BrN2. The second-order valence-electron chi connectivity index (χ2n) is 3.32. The zero-order chi connectivity index (χ0) is 9.97. The molecule has 2 N–H and O–H groups in total. The summed E-state index contributed by atoms with van der Waals surface area (Å²) in [6, 6.07) is 8.33. The van der Waals surface area contributed by atoms with Gasteiger partial charge in [0.05, 0.1) is 0 Å². The van der Waals surface area contributed by atoms with E-state index in [1.165, 1.54) is 21.1 Å². The number of benzene rings is 1. The molecule has 14 heavy (non-hydrogen) atoms. The Morgan fingerprint density at radius 1 is 1.36 bits per heavy atom. The number of hydrogen-bond donors (Lipinski definition) is 2. The highest BCUT2D eigenvalue weighted by Crippen LogP contribution is 2.27. The van der Waals surface area contributed by atoms with Gasteiger partial charge in [0.2, 0.25) is 0 Å². The molecule has 0 saturated heterocycles. The number of para-hydroxylation sites is 1. The third-order valence-electron chi connectivity index (χ3n) is 2.34. The van der Waals surface area contributed by atoms with E-state index in [4.69, 9.17) is 0 Å². The highest BCUT2D eigenvalue weighted by molar-refractivity contribution is 9.10. The van der Waals surface area contributed by atoms with Gasteiger partial charge in [-0.05, 0) is 29.0 Å². The Balaban J connectivity index is 2.41. The number of H-pyrrole nitrogens is 1. The summed E-state index contributed by atoms with van der Waals surface area (Å²) in [4.78, 5) is 3.41. The molecule has 0 bridgehead atoms. The number of aromatic amines is 1. The van der Waals surface area contributed by atoms with Crippen LogP contribution in [0, 0.1) is 0 Å². The molecule has 0 aliphatic carbocycles. The van der Waals surface area contributed by atoms with E-state index >= 15 is 0 Å². The van der Waals surface area contributed by atoms with Gasteiger partial charge < -0.3 is 10.3 Å². The first-order chi connectivity index (χ1) is 6.83. The maximum atomic E-state index is 3.62. The van der Waals surface area contributed by atoms with Gasteiger partial charge in [-0.2, -0.15) is 0 Å². The molecular weight excluding hydrogens is 240 g/mol. The zero-order valence-electron chi connectivity index (χ0n) is 8.10. The van der Waals surface area contributed by atoms with Gasteiger partial charge in [-0.15, -0.1) is 0 Å². The second-order valence-corrected chi connectivity index (χ2v) is 4.11. The van der Waals surface area contributed by atoms with Crippen molar-refractivity contribution in [3.63, 3.8) is 0 Å². The van der Waals surface area contributed by atoms with Crippen molar-refractivity contribution in [2.24, 2.45) is 0 Å². The molecule has 0 saturated carbocycles. The fourth-order valence-electron chi connectivity index (χ4n) is 1.59. The van der Waals surface area contributed by atoms with Crippen LogP contribution in [0.3, 0.4) is 0 Å². The minimum Gasteiger partial charge on any atom is -0.357 e. The van der Waals surface area contributed by atoms with E-state index in [0.29, 0.717) is 0 Å². The molecule has 0 radical (unpaired) electrons. The molecule has 0 atom stereocenters. The number of likely N-dealkylation sites (N-methyl/N-ethyl adjacent to an activating group) is 1. The van der Waals surface area contributed by atoms with Crippen molar-refractivity contribution in [2.45, 2.75) is 6.42 Å². The number of halogens is 1. The van der Waals surface area contributed by atoms with Gasteiger partial charge in [0.1, 0.15) is 0 Å². The van der Waals surface area contributed by atoms with E-state index in [2.05, 4.69) is 44.4 Å².